The SMILES string of the molecule is C=CCN(CCO)C(=O)NC(C)c1nc(C(=O)O)cs1. The quantitative estimate of drug-likeness (QED) is 0.654. The van der Waals surface area contributed by atoms with Crippen LogP contribution < -0.4 is 5.32 Å². The van der Waals surface area contributed by atoms with E-state index >= 15 is 0 Å². The topological polar surface area (TPSA) is 103 Å². The van der Waals surface area contributed by atoms with Gasteiger partial charge in [-0.1, -0.05) is 6.08 Å². The average molecular weight is 299 g/mol. The molecule has 0 aromatic carbocycles. The van der Waals surface area contributed by atoms with Crippen LogP contribution in [0.15, 0.2) is 18.0 Å². The third kappa shape index (κ3) is 4.32. The van der Waals surface area contributed by atoms with Crippen LogP contribution in [-0.2, 0) is 0 Å². The number of aliphatic hydroxyl groups excluding tert-OH is 1. The van der Waals surface area contributed by atoms with Crippen LogP contribution in [0.2, 0.25) is 0 Å². The van der Waals surface area contributed by atoms with Crippen LogP contribution in [0, 0.1) is 0 Å². The molecule has 3 N–H and O–H groups in total. The summed E-state index contributed by atoms with van der Waals surface area (Å²) in [6, 6.07) is -0.773. The molecular formula is C12H17N3O4S. The number of aliphatic hydroxyl groups is 1. The minimum Gasteiger partial charge on any atom is -0.476 e. The Bertz CT molecular complexity index is 489. The Hall–Kier alpha value is -1.93. The fraction of sp³-hybridized carbons (Fsp3) is 0.417. The third-order valence-electron chi connectivity index (χ3n) is 2.46. The van der Waals surface area contributed by atoms with E-state index < -0.39 is 12.0 Å². The second-order valence-corrected chi connectivity index (χ2v) is 4.90. The average Bonchev–Trinajstić information content (AvgIpc) is 2.88. The van der Waals surface area contributed by atoms with Gasteiger partial charge in [-0.2, -0.15) is 0 Å². The molecule has 0 aliphatic heterocycles. The first-order valence-corrected chi connectivity index (χ1v) is 6.83. The van der Waals surface area contributed by atoms with Gasteiger partial charge in [0.2, 0.25) is 0 Å². The van der Waals surface area contributed by atoms with Crippen LogP contribution in [0.4, 0.5) is 4.79 Å². The number of thiazole rings is 1. The lowest BCUT2D eigenvalue weighted by Crippen LogP contribution is -2.42. The van der Waals surface area contributed by atoms with Gasteiger partial charge in [-0.3, -0.25) is 0 Å². The van der Waals surface area contributed by atoms with E-state index in [1.165, 1.54) is 21.6 Å². The van der Waals surface area contributed by atoms with Gasteiger partial charge in [0.25, 0.3) is 0 Å². The number of amides is 2. The first-order chi connectivity index (χ1) is 9.49. The molecule has 7 nitrogen and oxygen atoms in total. The molecule has 0 saturated carbocycles. The molecule has 1 aromatic heterocycles. The van der Waals surface area contributed by atoms with Crippen molar-refractivity contribution in [1.82, 2.24) is 15.2 Å². The van der Waals surface area contributed by atoms with Gasteiger partial charge in [-0.25, -0.2) is 14.6 Å². The van der Waals surface area contributed by atoms with Crippen molar-refractivity contribution in [3.63, 3.8) is 0 Å². The molecular weight excluding hydrogens is 282 g/mol. The predicted octanol–water partition coefficient (Wildman–Crippen LogP) is 1.09. The van der Waals surface area contributed by atoms with Crippen molar-refractivity contribution in [2.24, 2.45) is 0 Å². The van der Waals surface area contributed by atoms with Crippen molar-refractivity contribution in [3.05, 3.63) is 28.7 Å². The zero-order chi connectivity index (χ0) is 15.1. The number of carbonyl (C=O) groups excluding carboxylic acids is 1. The maximum atomic E-state index is 12.0. The molecule has 20 heavy (non-hydrogen) atoms. The first kappa shape index (κ1) is 16.1. The molecule has 8 heteroatoms. The van der Waals surface area contributed by atoms with Crippen molar-refractivity contribution < 1.29 is 19.8 Å². The molecule has 1 aromatic rings. The lowest BCUT2D eigenvalue weighted by molar-refractivity contribution is 0.0691. The lowest BCUT2D eigenvalue weighted by Gasteiger charge is -2.22. The highest BCUT2D eigenvalue weighted by molar-refractivity contribution is 7.09. The van der Waals surface area contributed by atoms with E-state index in [4.69, 9.17) is 10.2 Å². The summed E-state index contributed by atoms with van der Waals surface area (Å²) in [5.74, 6) is -1.10. The Kier molecular flexibility index (Phi) is 6.13. The number of hydrogen-bond acceptors (Lipinski definition) is 5. The van der Waals surface area contributed by atoms with E-state index in [0.717, 1.165) is 0 Å². The van der Waals surface area contributed by atoms with E-state index in [0.29, 0.717) is 11.6 Å². The number of hydrogen-bond donors (Lipinski definition) is 3. The Balaban J connectivity index is 2.67. The lowest BCUT2D eigenvalue weighted by atomic mass is 10.3. The number of nitrogens with one attached hydrogen (secondary N) is 1. The minimum absolute atomic E-state index is 0.0376. The van der Waals surface area contributed by atoms with Gasteiger partial charge in [0.15, 0.2) is 5.69 Å². The number of rotatable bonds is 7. The largest absolute Gasteiger partial charge is 0.476 e. The van der Waals surface area contributed by atoms with Gasteiger partial charge in [0, 0.05) is 18.5 Å². The highest BCUT2D eigenvalue weighted by Gasteiger charge is 2.18. The summed E-state index contributed by atoms with van der Waals surface area (Å²) in [7, 11) is 0. The zero-order valence-electron chi connectivity index (χ0n) is 11.1. The molecule has 110 valence electrons. The molecule has 0 spiro atoms. The van der Waals surface area contributed by atoms with Crippen molar-refractivity contribution in [2.45, 2.75) is 13.0 Å². The fourth-order valence-corrected chi connectivity index (χ4v) is 2.28. The smallest absolute Gasteiger partial charge is 0.355 e. The number of aromatic nitrogens is 1. The summed E-state index contributed by atoms with van der Waals surface area (Å²) >= 11 is 1.17. The number of carbonyl (C=O) groups is 2. The summed E-state index contributed by atoms with van der Waals surface area (Å²) in [5.41, 5.74) is -0.0376. The maximum Gasteiger partial charge on any atom is 0.355 e. The molecule has 1 rings (SSSR count). The first-order valence-electron chi connectivity index (χ1n) is 5.95. The van der Waals surface area contributed by atoms with Crippen LogP contribution in [0.25, 0.3) is 0 Å². The third-order valence-corrected chi connectivity index (χ3v) is 3.49. The summed E-state index contributed by atoms with van der Waals surface area (Å²) in [6.45, 7) is 5.63. The molecule has 0 aliphatic carbocycles. The molecule has 0 bridgehead atoms. The molecule has 0 fully saturated rings. The van der Waals surface area contributed by atoms with E-state index in [-0.39, 0.29) is 24.9 Å². The predicted molar refractivity (Wildman–Crippen MR) is 74.9 cm³/mol. The molecule has 1 heterocycles. The highest BCUT2D eigenvalue weighted by atomic mass is 32.1. The second kappa shape index (κ2) is 7.61. The van der Waals surface area contributed by atoms with Crippen LogP contribution in [-0.4, -0.2) is 51.8 Å². The van der Waals surface area contributed by atoms with E-state index in [1.54, 1.807) is 13.0 Å². The molecule has 0 aliphatic rings. The monoisotopic (exact) mass is 299 g/mol. The van der Waals surface area contributed by atoms with Crippen molar-refractivity contribution >= 4 is 23.3 Å². The van der Waals surface area contributed by atoms with Gasteiger partial charge in [-0.15, -0.1) is 17.9 Å². The summed E-state index contributed by atoms with van der Waals surface area (Å²) < 4.78 is 0. The Morgan fingerprint density at radius 2 is 2.35 bits per heavy atom. The van der Waals surface area contributed by atoms with Gasteiger partial charge < -0.3 is 20.4 Å². The van der Waals surface area contributed by atoms with Crippen LogP contribution in [0.3, 0.4) is 0 Å². The van der Waals surface area contributed by atoms with Crippen molar-refractivity contribution in [2.75, 3.05) is 19.7 Å². The van der Waals surface area contributed by atoms with E-state index in [9.17, 15) is 9.59 Å². The summed E-state index contributed by atoms with van der Waals surface area (Å²) in [6.07, 6.45) is 1.56. The van der Waals surface area contributed by atoms with Gasteiger partial charge in [0.05, 0.1) is 12.6 Å². The fourth-order valence-electron chi connectivity index (χ4n) is 1.48. The molecule has 2 amide bonds. The van der Waals surface area contributed by atoms with E-state index in [2.05, 4.69) is 16.9 Å². The highest BCUT2D eigenvalue weighted by Crippen LogP contribution is 2.18. The zero-order valence-corrected chi connectivity index (χ0v) is 11.9. The Morgan fingerprint density at radius 1 is 1.65 bits per heavy atom. The minimum atomic E-state index is -1.10. The van der Waals surface area contributed by atoms with Crippen LogP contribution in [0.1, 0.15) is 28.5 Å². The van der Waals surface area contributed by atoms with Crippen LogP contribution >= 0.6 is 11.3 Å². The Labute approximate surface area is 120 Å². The Morgan fingerprint density at radius 3 is 2.85 bits per heavy atom. The number of urea groups is 1. The van der Waals surface area contributed by atoms with Crippen molar-refractivity contribution in [1.29, 1.82) is 0 Å². The number of carboxylic acids is 1. The molecule has 0 saturated heterocycles. The normalized spacial score (nSPS) is 11.7. The van der Waals surface area contributed by atoms with Gasteiger partial charge >= 0.3 is 12.0 Å². The number of nitrogens with zero attached hydrogens (tertiary/aromatic N) is 2. The number of aromatic carboxylic acids is 1. The molecule has 1 unspecified atom stereocenters. The second-order valence-electron chi connectivity index (χ2n) is 4.01. The van der Waals surface area contributed by atoms with Gasteiger partial charge in [-0.05, 0) is 6.92 Å². The molecule has 1 atom stereocenters. The summed E-state index contributed by atoms with van der Waals surface area (Å²) in [5, 5.41) is 22.3. The van der Waals surface area contributed by atoms with Gasteiger partial charge in [0.1, 0.15) is 5.01 Å². The van der Waals surface area contributed by atoms with Crippen molar-refractivity contribution in [3.8, 4) is 0 Å². The van der Waals surface area contributed by atoms with Crippen LogP contribution in [0.5, 0.6) is 0 Å². The standard InChI is InChI=1S/C12H17N3O4S/c1-3-4-15(5-6-16)12(19)13-8(2)10-14-9(7-20-10)11(17)18/h3,7-8,16H,1,4-6H2,2H3,(H,13,19)(H,17,18). The number of carboxylic acid groups (broad SMARTS) is 1. The molecule has 0 radical (unpaired) electrons. The maximum absolute atomic E-state index is 12.0. The summed E-state index contributed by atoms with van der Waals surface area (Å²) in [4.78, 5) is 28.0. The van der Waals surface area contributed by atoms with E-state index in [1.807, 2.05) is 0 Å².